The molecule has 31 heavy (non-hydrogen) atoms. The smallest absolute Gasteiger partial charge is 0.356 e. The van der Waals surface area contributed by atoms with Crippen molar-refractivity contribution in [2.45, 2.75) is 13.3 Å². The van der Waals surface area contributed by atoms with E-state index in [0.717, 1.165) is 23.9 Å². The molecule has 0 aliphatic carbocycles. The zero-order valence-electron chi connectivity index (χ0n) is 17.6. The number of hydrogen-bond acceptors (Lipinski definition) is 4. The fraction of sp³-hybridized carbons (Fsp3) is 0.250. The van der Waals surface area contributed by atoms with Gasteiger partial charge in [-0.2, -0.15) is 0 Å². The Bertz CT molecular complexity index is 1140. The average molecular weight is 436 g/mol. The quantitative estimate of drug-likeness (QED) is 0.442. The van der Waals surface area contributed by atoms with Gasteiger partial charge in [0, 0.05) is 24.0 Å². The van der Waals surface area contributed by atoms with E-state index in [1.807, 2.05) is 24.3 Å². The van der Waals surface area contributed by atoms with Gasteiger partial charge in [0.25, 0.3) is 0 Å². The monoisotopic (exact) mass is 435 g/mol. The Kier molecular flexibility index (Phi) is 6.23. The Morgan fingerprint density at radius 1 is 1.23 bits per heavy atom. The van der Waals surface area contributed by atoms with Gasteiger partial charge in [0.15, 0.2) is 5.11 Å². The van der Waals surface area contributed by atoms with E-state index in [1.165, 1.54) is 11.1 Å². The molecule has 7 heteroatoms. The van der Waals surface area contributed by atoms with Crippen LogP contribution in [0.2, 0.25) is 0 Å². The van der Waals surface area contributed by atoms with Gasteiger partial charge in [0.1, 0.15) is 11.4 Å². The summed E-state index contributed by atoms with van der Waals surface area (Å²) in [5.74, 6) is 0.275. The Morgan fingerprint density at radius 2 is 2.03 bits per heavy atom. The van der Waals surface area contributed by atoms with E-state index in [9.17, 15) is 4.79 Å². The SMILES string of the molecule is CCOC(=O)c1[nH]c2ccc(OC)cc2c1NC(=S)N1CC=C(c2ccccc2)CC1. The lowest BCUT2D eigenvalue weighted by atomic mass is 10.00. The maximum Gasteiger partial charge on any atom is 0.356 e. The van der Waals surface area contributed by atoms with Crippen LogP contribution in [0, 0.1) is 0 Å². The molecular weight excluding hydrogens is 410 g/mol. The van der Waals surface area contributed by atoms with Gasteiger partial charge in [-0.1, -0.05) is 36.4 Å². The number of aromatic amines is 1. The predicted molar refractivity (Wildman–Crippen MR) is 128 cm³/mol. The predicted octanol–water partition coefficient (Wildman–Crippen LogP) is 4.84. The van der Waals surface area contributed by atoms with Crippen LogP contribution in [0.1, 0.15) is 29.4 Å². The first-order valence-electron chi connectivity index (χ1n) is 10.3. The topological polar surface area (TPSA) is 66.6 Å². The number of carbonyl (C=O) groups is 1. The van der Waals surface area contributed by atoms with Crippen LogP contribution in [-0.4, -0.2) is 47.8 Å². The minimum absolute atomic E-state index is 0.292. The number of esters is 1. The van der Waals surface area contributed by atoms with E-state index in [-0.39, 0.29) is 0 Å². The summed E-state index contributed by atoms with van der Waals surface area (Å²) in [6, 6.07) is 16.0. The first kappa shape index (κ1) is 20.9. The molecule has 0 saturated carbocycles. The molecule has 0 saturated heterocycles. The van der Waals surface area contributed by atoms with E-state index < -0.39 is 5.97 Å². The fourth-order valence-corrected chi connectivity index (χ4v) is 4.01. The van der Waals surface area contributed by atoms with Crippen molar-refractivity contribution in [1.29, 1.82) is 0 Å². The summed E-state index contributed by atoms with van der Waals surface area (Å²) in [4.78, 5) is 17.8. The lowest BCUT2D eigenvalue weighted by Gasteiger charge is -2.29. The number of ether oxygens (including phenoxy) is 2. The van der Waals surface area contributed by atoms with Gasteiger partial charge in [0.05, 0.1) is 19.4 Å². The number of H-pyrrole nitrogens is 1. The van der Waals surface area contributed by atoms with Crippen molar-refractivity contribution in [3.05, 3.63) is 65.9 Å². The number of nitrogens with zero attached hydrogens (tertiary/aromatic N) is 1. The largest absolute Gasteiger partial charge is 0.497 e. The summed E-state index contributed by atoms with van der Waals surface area (Å²) >= 11 is 5.70. The summed E-state index contributed by atoms with van der Waals surface area (Å²) < 4.78 is 10.6. The molecule has 0 radical (unpaired) electrons. The van der Waals surface area contributed by atoms with Crippen molar-refractivity contribution in [2.24, 2.45) is 0 Å². The Morgan fingerprint density at radius 3 is 2.71 bits per heavy atom. The number of carbonyl (C=O) groups excluding carboxylic acids is 1. The lowest BCUT2D eigenvalue weighted by Crippen LogP contribution is -2.38. The van der Waals surface area contributed by atoms with Gasteiger partial charge in [-0.05, 0) is 54.9 Å². The normalized spacial score (nSPS) is 13.6. The van der Waals surface area contributed by atoms with Crippen LogP contribution in [0.3, 0.4) is 0 Å². The number of rotatable bonds is 5. The molecule has 2 N–H and O–H groups in total. The third kappa shape index (κ3) is 4.41. The molecule has 1 aromatic heterocycles. The number of nitrogens with one attached hydrogen (secondary N) is 2. The highest BCUT2D eigenvalue weighted by molar-refractivity contribution is 7.80. The molecule has 4 rings (SSSR count). The number of thiocarbonyl (C=S) groups is 1. The van der Waals surface area contributed by atoms with E-state index in [1.54, 1.807) is 14.0 Å². The molecule has 1 aliphatic rings. The van der Waals surface area contributed by atoms with Gasteiger partial charge in [-0.15, -0.1) is 0 Å². The molecule has 160 valence electrons. The maximum absolute atomic E-state index is 12.6. The zero-order chi connectivity index (χ0) is 21.8. The second-order valence-electron chi connectivity index (χ2n) is 7.23. The Balaban J connectivity index is 1.58. The van der Waals surface area contributed by atoms with Gasteiger partial charge in [-0.3, -0.25) is 0 Å². The van der Waals surface area contributed by atoms with Crippen LogP contribution in [0.15, 0.2) is 54.6 Å². The van der Waals surface area contributed by atoms with Crippen molar-refractivity contribution in [2.75, 3.05) is 32.1 Å². The number of aromatic nitrogens is 1. The second kappa shape index (κ2) is 9.22. The molecule has 0 spiro atoms. The minimum Gasteiger partial charge on any atom is -0.497 e. The molecule has 0 fully saturated rings. The first-order chi connectivity index (χ1) is 15.1. The summed E-state index contributed by atoms with van der Waals surface area (Å²) in [6.45, 7) is 3.58. The molecule has 0 atom stereocenters. The van der Waals surface area contributed by atoms with Gasteiger partial charge >= 0.3 is 5.97 Å². The molecule has 3 aromatic rings. The maximum atomic E-state index is 12.6. The number of benzene rings is 2. The molecular formula is C24H25N3O3S. The van der Waals surface area contributed by atoms with Crippen LogP contribution in [0.25, 0.3) is 16.5 Å². The highest BCUT2D eigenvalue weighted by Crippen LogP contribution is 2.32. The average Bonchev–Trinajstić information content (AvgIpc) is 3.17. The standard InChI is InChI=1S/C24H25N3O3S/c1-3-30-23(28)22-21(19-15-18(29-2)9-10-20(19)25-22)26-24(31)27-13-11-17(12-14-27)16-7-5-4-6-8-16/h4-11,15,25H,3,12-14H2,1-2H3,(H,26,31). The van der Waals surface area contributed by atoms with Crippen molar-refractivity contribution in [1.82, 2.24) is 9.88 Å². The number of methoxy groups -OCH3 is 1. The summed E-state index contributed by atoms with van der Waals surface area (Å²) in [7, 11) is 1.61. The van der Waals surface area contributed by atoms with E-state index in [4.69, 9.17) is 21.7 Å². The van der Waals surface area contributed by atoms with Crippen molar-refractivity contribution < 1.29 is 14.3 Å². The summed E-state index contributed by atoms with van der Waals surface area (Å²) in [6.07, 6.45) is 3.11. The van der Waals surface area contributed by atoms with Gasteiger partial charge in [-0.25, -0.2) is 4.79 Å². The van der Waals surface area contributed by atoms with Crippen molar-refractivity contribution >= 4 is 45.5 Å². The third-order valence-corrected chi connectivity index (χ3v) is 5.72. The van der Waals surface area contributed by atoms with Gasteiger partial charge in [0.2, 0.25) is 0 Å². The van der Waals surface area contributed by atoms with E-state index in [0.29, 0.717) is 35.4 Å². The first-order valence-corrected chi connectivity index (χ1v) is 10.7. The molecule has 0 amide bonds. The van der Waals surface area contributed by atoms with Crippen molar-refractivity contribution in [3.63, 3.8) is 0 Å². The molecule has 2 heterocycles. The zero-order valence-corrected chi connectivity index (χ0v) is 18.4. The highest BCUT2D eigenvalue weighted by atomic mass is 32.1. The van der Waals surface area contributed by atoms with Gasteiger partial charge < -0.3 is 24.7 Å². The fourth-order valence-electron chi connectivity index (χ4n) is 3.74. The van der Waals surface area contributed by atoms with E-state index in [2.05, 4.69) is 45.5 Å². The molecule has 0 unspecified atom stereocenters. The second-order valence-corrected chi connectivity index (χ2v) is 7.62. The molecule has 0 bridgehead atoms. The van der Waals surface area contributed by atoms with Crippen LogP contribution >= 0.6 is 12.2 Å². The lowest BCUT2D eigenvalue weighted by molar-refractivity contribution is 0.0522. The molecule has 6 nitrogen and oxygen atoms in total. The number of fused-ring (bicyclic) bond motifs is 1. The third-order valence-electron chi connectivity index (χ3n) is 5.36. The van der Waals surface area contributed by atoms with E-state index >= 15 is 0 Å². The van der Waals surface area contributed by atoms with Crippen LogP contribution in [0.5, 0.6) is 5.75 Å². The highest BCUT2D eigenvalue weighted by Gasteiger charge is 2.23. The Labute approximate surface area is 186 Å². The van der Waals surface area contributed by atoms with Crippen LogP contribution in [0.4, 0.5) is 5.69 Å². The summed E-state index contributed by atoms with van der Waals surface area (Å²) in [5.41, 5.74) is 4.33. The molecule has 2 aromatic carbocycles. The van der Waals surface area contributed by atoms with Crippen molar-refractivity contribution in [3.8, 4) is 5.75 Å². The number of anilines is 1. The minimum atomic E-state index is -0.423. The Hall–Kier alpha value is -3.32. The van der Waals surface area contributed by atoms with Crippen LogP contribution < -0.4 is 10.1 Å². The van der Waals surface area contributed by atoms with Crippen LogP contribution in [-0.2, 0) is 4.74 Å². The summed E-state index contributed by atoms with van der Waals surface area (Å²) in [5, 5.41) is 4.68. The number of hydrogen-bond donors (Lipinski definition) is 2. The molecule has 1 aliphatic heterocycles.